The van der Waals surface area contributed by atoms with E-state index in [1.807, 2.05) is 6.92 Å². The van der Waals surface area contributed by atoms with E-state index in [1.165, 1.54) is 49.3 Å². The van der Waals surface area contributed by atoms with Crippen molar-refractivity contribution in [3.8, 4) is 5.75 Å². The molecule has 10 heteroatoms. The second-order valence-electron chi connectivity index (χ2n) is 11.0. The lowest BCUT2D eigenvalue weighted by molar-refractivity contribution is -0.140. The van der Waals surface area contributed by atoms with E-state index >= 15 is 0 Å². The summed E-state index contributed by atoms with van der Waals surface area (Å²) >= 11 is 0. The van der Waals surface area contributed by atoms with Crippen LogP contribution in [0.1, 0.15) is 44.4 Å². The third kappa shape index (κ3) is 7.85. The van der Waals surface area contributed by atoms with Crippen LogP contribution in [0, 0.1) is 19.7 Å². The first-order valence-corrected chi connectivity index (χ1v) is 14.7. The number of nitrogens with one attached hydrogen (secondary N) is 1. The number of carbonyl (C=O) groups excluding carboxylic acids is 2. The number of anilines is 1. The molecule has 0 radical (unpaired) electrons. The molecule has 1 atom stereocenters. The summed E-state index contributed by atoms with van der Waals surface area (Å²) in [4.78, 5) is 28.4. The van der Waals surface area contributed by atoms with Gasteiger partial charge in [0.1, 0.15) is 24.2 Å². The Morgan fingerprint density at radius 3 is 2.17 bits per heavy atom. The number of methoxy groups -OCH3 is 1. The Morgan fingerprint density at radius 1 is 0.976 bits per heavy atom. The number of ether oxygens (including phenoxy) is 1. The lowest BCUT2D eigenvalue weighted by Crippen LogP contribution is -2.54. The molecule has 0 saturated carbocycles. The molecule has 8 nitrogen and oxygen atoms in total. The highest BCUT2D eigenvalue weighted by molar-refractivity contribution is 7.92. The van der Waals surface area contributed by atoms with Gasteiger partial charge in [-0.25, -0.2) is 12.8 Å². The minimum absolute atomic E-state index is 0.0152. The van der Waals surface area contributed by atoms with Crippen molar-refractivity contribution in [2.45, 2.75) is 64.6 Å². The Bertz CT molecular complexity index is 1500. The Balaban J connectivity index is 2.12. The molecule has 0 aliphatic rings. The number of hydrogen-bond acceptors (Lipinski definition) is 5. The monoisotopic (exact) mass is 583 g/mol. The quantitative estimate of drug-likeness (QED) is 0.363. The topological polar surface area (TPSA) is 96.0 Å². The third-order valence-corrected chi connectivity index (χ3v) is 8.23. The van der Waals surface area contributed by atoms with Crippen molar-refractivity contribution < 1.29 is 27.1 Å². The van der Waals surface area contributed by atoms with Gasteiger partial charge in [0.2, 0.25) is 11.8 Å². The Morgan fingerprint density at radius 2 is 1.59 bits per heavy atom. The number of amides is 2. The zero-order valence-corrected chi connectivity index (χ0v) is 25.4. The summed E-state index contributed by atoms with van der Waals surface area (Å²) in [5, 5.41) is 2.85. The van der Waals surface area contributed by atoms with Gasteiger partial charge < -0.3 is 15.0 Å². The predicted molar refractivity (Wildman–Crippen MR) is 158 cm³/mol. The van der Waals surface area contributed by atoms with E-state index in [9.17, 15) is 22.4 Å². The maximum atomic E-state index is 14.7. The molecule has 3 aromatic rings. The normalized spacial score (nSPS) is 12.4. The van der Waals surface area contributed by atoms with Crippen molar-refractivity contribution in [1.29, 1.82) is 0 Å². The molecule has 0 aliphatic heterocycles. The van der Waals surface area contributed by atoms with Crippen LogP contribution in [-0.4, -0.2) is 50.4 Å². The van der Waals surface area contributed by atoms with Gasteiger partial charge in [0.05, 0.1) is 17.7 Å². The lowest BCUT2D eigenvalue weighted by Gasteiger charge is -2.34. The van der Waals surface area contributed by atoms with Crippen LogP contribution in [0.4, 0.5) is 10.1 Å². The largest absolute Gasteiger partial charge is 0.495 e. The van der Waals surface area contributed by atoms with Crippen molar-refractivity contribution in [1.82, 2.24) is 10.2 Å². The number of nitrogens with zero attached hydrogens (tertiary/aromatic N) is 2. The average Bonchev–Trinajstić information content (AvgIpc) is 2.90. The van der Waals surface area contributed by atoms with Crippen LogP contribution in [0.5, 0.6) is 5.75 Å². The van der Waals surface area contributed by atoms with Crippen LogP contribution in [0.2, 0.25) is 0 Å². The van der Waals surface area contributed by atoms with Gasteiger partial charge in [-0.15, -0.1) is 0 Å². The smallest absolute Gasteiger partial charge is 0.264 e. The molecule has 0 aliphatic carbocycles. The van der Waals surface area contributed by atoms with Crippen molar-refractivity contribution in [3.63, 3.8) is 0 Å². The molecular weight excluding hydrogens is 545 g/mol. The van der Waals surface area contributed by atoms with Crippen molar-refractivity contribution in [2.75, 3.05) is 18.0 Å². The van der Waals surface area contributed by atoms with Crippen molar-refractivity contribution >= 4 is 27.5 Å². The number of benzene rings is 3. The highest BCUT2D eigenvalue weighted by Crippen LogP contribution is 2.34. The summed E-state index contributed by atoms with van der Waals surface area (Å²) in [5.41, 5.74) is 1.39. The predicted octanol–water partition coefficient (Wildman–Crippen LogP) is 4.98. The van der Waals surface area contributed by atoms with Gasteiger partial charge in [-0.2, -0.15) is 0 Å². The van der Waals surface area contributed by atoms with E-state index in [1.54, 1.807) is 64.1 Å². The Hall–Kier alpha value is -3.92. The summed E-state index contributed by atoms with van der Waals surface area (Å²) in [6, 6.07) is 16.2. The maximum absolute atomic E-state index is 14.7. The summed E-state index contributed by atoms with van der Waals surface area (Å²) in [5.74, 6) is -1.44. The van der Waals surface area contributed by atoms with Gasteiger partial charge in [-0.1, -0.05) is 42.0 Å². The number of hydrogen-bond donors (Lipinski definition) is 1. The highest BCUT2D eigenvalue weighted by Gasteiger charge is 2.34. The maximum Gasteiger partial charge on any atom is 0.264 e. The Kier molecular flexibility index (Phi) is 9.81. The summed E-state index contributed by atoms with van der Waals surface area (Å²) in [7, 11) is -2.86. The second-order valence-corrected chi connectivity index (χ2v) is 12.9. The van der Waals surface area contributed by atoms with E-state index in [0.717, 1.165) is 15.4 Å². The van der Waals surface area contributed by atoms with E-state index in [4.69, 9.17) is 4.74 Å². The summed E-state index contributed by atoms with van der Waals surface area (Å²) in [6.07, 6.45) is 0. The van der Waals surface area contributed by atoms with Crippen molar-refractivity contribution in [2.24, 2.45) is 0 Å². The molecule has 0 aromatic heterocycles. The molecule has 0 spiro atoms. The van der Waals surface area contributed by atoms with Crippen LogP contribution in [0.25, 0.3) is 0 Å². The van der Waals surface area contributed by atoms with Crippen LogP contribution in [0.3, 0.4) is 0 Å². The summed E-state index contributed by atoms with van der Waals surface area (Å²) < 4.78 is 49.3. The first-order chi connectivity index (χ1) is 19.1. The van der Waals surface area contributed by atoms with E-state index in [0.29, 0.717) is 0 Å². The molecular formula is C31H38FN3O5S. The number of aryl methyl sites for hydroxylation is 2. The highest BCUT2D eigenvalue weighted by atomic mass is 32.2. The lowest BCUT2D eigenvalue weighted by atomic mass is 10.1. The molecule has 3 rings (SSSR count). The fourth-order valence-electron chi connectivity index (χ4n) is 4.21. The van der Waals surface area contributed by atoms with Crippen molar-refractivity contribution in [3.05, 3.63) is 89.2 Å². The third-order valence-electron chi connectivity index (χ3n) is 6.45. The molecule has 41 heavy (non-hydrogen) atoms. The molecule has 1 unspecified atom stereocenters. The number of rotatable bonds is 10. The molecule has 0 heterocycles. The van der Waals surface area contributed by atoms with Crippen LogP contribution in [-0.2, 0) is 26.2 Å². The minimum atomic E-state index is -4.27. The molecule has 0 saturated heterocycles. The molecule has 0 fully saturated rings. The number of sulfonamides is 1. The summed E-state index contributed by atoms with van der Waals surface area (Å²) in [6.45, 7) is 9.69. The minimum Gasteiger partial charge on any atom is -0.495 e. The SMILES string of the molecule is COc1ccc(C)cc1N(CC(=O)N(Cc1ccccc1F)C(C)C(=O)NC(C)(C)C)S(=O)(=O)c1ccc(C)cc1. The number of carbonyl (C=O) groups is 2. The van der Waals surface area contributed by atoms with Crippen LogP contribution in [0.15, 0.2) is 71.6 Å². The average molecular weight is 584 g/mol. The number of halogens is 1. The van der Waals surface area contributed by atoms with Crippen LogP contribution < -0.4 is 14.4 Å². The first-order valence-electron chi connectivity index (χ1n) is 13.2. The zero-order valence-electron chi connectivity index (χ0n) is 24.6. The van der Waals surface area contributed by atoms with Crippen LogP contribution >= 0.6 is 0 Å². The van der Waals surface area contributed by atoms with Gasteiger partial charge in [0.25, 0.3) is 10.0 Å². The molecule has 1 N–H and O–H groups in total. The fraction of sp³-hybridized carbons (Fsp3) is 0.355. The zero-order chi connectivity index (χ0) is 30.5. The van der Waals surface area contributed by atoms with Gasteiger partial charge in [0.15, 0.2) is 0 Å². The Labute approximate surface area is 242 Å². The van der Waals surface area contributed by atoms with E-state index < -0.39 is 45.8 Å². The van der Waals surface area contributed by atoms with Gasteiger partial charge in [-0.05, 0) is 77.4 Å². The van der Waals surface area contributed by atoms with E-state index in [2.05, 4.69) is 5.32 Å². The van der Waals surface area contributed by atoms with Gasteiger partial charge in [-0.3, -0.25) is 13.9 Å². The first kappa shape index (κ1) is 31.6. The van der Waals surface area contributed by atoms with Gasteiger partial charge in [0, 0.05) is 17.6 Å². The molecule has 0 bridgehead atoms. The van der Waals surface area contributed by atoms with Gasteiger partial charge >= 0.3 is 0 Å². The molecule has 220 valence electrons. The fourth-order valence-corrected chi connectivity index (χ4v) is 5.63. The second kappa shape index (κ2) is 12.7. The molecule has 2 amide bonds. The van der Waals surface area contributed by atoms with E-state index in [-0.39, 0.29) is 28.4 Å². The standard InChI is InChI=1S/C31H38FN3O5S/c1-21-12-15-25(16-13-21)41(38,39)35(27-18-22(2)14-17-28(27)40-7)20-29(36)34(19-24-10-8-9-11-26(24)32)23(3)30(37)33-31(4,5)6/h8-18,23H,19-20H2,1-7H3,(H,33,37). The molecule has 3 aromatic carbocycles.